The maximum absolute atomic E-state index is 12.0. The Morgan fingerprint density at radius 1 is 1.50 bits per heavy atom. The number of thioether (sulfide) groups is 1. The van der Waals surface area contributed by atoms with E-state index in [9.17, 15) is 4.79 Å². The fourth-order valence-corrected chi connectivity index (χ4v) is 3.43. The molecule has 7 heteroatoms. The van der Waals surface area contributed by atoms with Gasteiger partial charge in [0.2, 0.25) is 0 Å². The van der Waals surface area contributed by atoms with Crippen LogP contribution in [0.5, 0.6) is 0 Å². The summed E-state index contributed by atoms with van der Waals surface area (Å²) in [5.74, 6) is -0.0835. The van der Waals surface area contributed by atoms with E-state index in [-0.39, 0.29) is 23.1 Å². The van der Waals surface area contributed by atoms with E-state index in [2.05, 4.69) is 30.4 Å². The quantitative estimate of drug-likeness (QED) is 0.765. The van der Waals surface area contributed by atoms with Gasteiger partial charge < -0.3 is 11.1 Å². The molecule has 0 aliphatic heterocycles. The van der Waals surface area contributed by atoms with E-state index < -0.39 is 0 Å². The molecular weight excluding hydrogens is 314 g/mol. The number of nitrogens with one attached hydrogen (secondary N) is 1. The highest BCUT2D eigenvalue weighted by atomic mass is 35.5. The van der Waals surface area contributed by atoms with Gasteiger partial charge in [-0.2, -0.15) is 11.8 Å². The van der Waals surface area contributed by atoms with Crippen LogP contribution in [0.15, 0.2) is 5.38 Å². The number of carbonyl (C=O) groups is 1. The predicted octanol–water partition coefficient (Wildman–Crippen LogP) is 2.72. The zero-order chi connectivity index (χ0) is 14.3. The second-order valence-corrected chi connectivity index (χ2v) is 6.66. The van der Waals surface area contributed by atoms with Gasteiger partial charge in [-0.25, -0.2) is 4.98 Å². The molecule has 1 rings (SSSR count). The largest absolute Gasteiger partial charge is 0.349 e. The maximum Gasteiger partial charge on any atom is 0.270 e. The van der Waals surface area contributed by atoms with Crippen LogP contribution < -0.4 is 11.1 Å². The van der Waals surface area contributed by atoms with Gasteiger partial charge in [-0.15, -0.1) is 23.7 Å². The minimum Gasteiger partial charge on any atom is -0.349 e. The van der Waals surface area contributed by atoms with Crippen molar-refractivity contribution in [3.05, 3.63) is 16.1 Å². The molecule has 0 unspecified atom stereocenters. The fourth-order valence-electron chi connectivity index (χ4n) is 1.85. The molecular formula is C13H24ClN3OS2. The van der Waals surface area contributed by atoms with Gasteiger partial charge >= 0.3 is 0 Å². The normalized spacial score (nSPS) is 11.0. The second kappa shape index (κ2) is 9.60. The van der Waals surface area contributed by atoms with Crippen molar-refractivity contribution in [1.29, 1.82) is 0 Å². The topological polar surface area (TPSA) is 68.0 Å². The highest BCUT2D eigenvalue weighted by Crippen LogP contribution is 2.29. The van der Waals surface area contributed by atoms with E-state index in [4.69, 9.17) is 5.73 Å². The van der Waals surface area contributed by atoms with Crippen molar-refractivity contribution in [2.75, 3.05) is 19.3 Å². The average molecular weight is 338 g/mol. The monoisotopic (exact) mass is 337 g/mol. The van der Waals surface area contributed by atoms with Gasteiger partial charge in [0.1, 0.15) is 5.69 Å². The Kier molecular flexibility index (Phi) is 9.46. The molecule has 0 aliphatic carbocycles. The minimum atomic E-state index is -0.0835. The highest BCUT2D eigenvalue weighted by Gasteiger charge is 2.25. The molecule has 0 aromatic carbocycles. The Labute approximate surface area is 135 Å². The Morgan fingerprint density at radius 3 is 2.65 bits per heavy atom. The van der Waals surface area contributed by atoms with Crippen LogP contribution in [0, 0.1) is 0 Å². The number of carbonyl (C=O) groups excluding carboxylic acids is 1. The molecule has 116 valence electrons. The number of hydrogen-bond donors (Lipinski definition) is 2. The van der Waals surface area contributed by atoms with Crippen LogP contribution in [0.3, 0.4) is 0 Å². The zero-order valence-electron chi connectivity index (χ0n) is 12.3. The first-order chi connectivity index (χ1) is 9.10. The lowest BCUT2D eigenvalue weighted by atomic mass is 10.0. The molecule has 3 N–H and O–H groups in total. The van der Waals surface area contributed by atoms with Crippen molar-refractivity contribution < 1.29 is 4.79 Å². The van der Waals surface area contributed by atoms with Gasteiger partial charge in [-0.1, -0.05) is 13.8 Å². The standard InChI is InChI=1S/C13H23N3OS2.ClH/c1-4-13(5-2,18-3)9-15-12(17)10-8-19-11(16-10)6-7-14;/h8H,4-7,9,14H2,1-3H3,(H,15,17);1H. The summed E-state index contributed by atoms with van der Waals surface area (Å²) in [5, 5.41) is 5.73. The molecule has 0 spiro atoms. The minimum absolute atomic E-state index is 0. The third kappa shape index (κ3) is 5.24. The van der Waals surface area contributed by atoms with Crippen LogP contribution >= 0.6 is 35.5 Å². The summed E-state index contributed by atoms with van der Waals surface area (Å²) < 4.78 is 0.131. The van der Waals surface area contributed by atoms with E-state index >= 15 is 0 Å². The molecule has 1 heterocycles. The lowest BCUT2D eigenvalue weighted by Gasteiger charge is -2.29. The number of rotatable bonds is 8. The molecule has 0 radical (unpaired) electrons. The van der Waals surface area contributed by atoms with Gasteiger partial charge in [-0.05, 0) is 25.6 Å². The first-order valence-corrected chi connectivity index (χ1v) is 8.69. The smallest absolute Gasteiger partial charge is 0.270 e. The van der Waals surface area contributed by atoms with Crippen molar-refractivity contribution in [3.63, 3.8) is 0 Å². The number of nitrogens with two attached hydrogens (primary N) is 1. The number of amides is 1. The molecule has 0 bridgehead atoms. The van der Waals surface area contributed by atoms with Crippen LogP contribution in [0.1, 0.15) is 42.2 Å². The summed E-state index contributed by atoms with van der Waals surface area (Å²) in [6.45, 7) is 5.57. The number of thiazole rings is 1. The molecule has 0 atom stereocenters. The Hall–Kier alpha value is -0.300. The Morgan fingerprint density at radius 2 is 2.15 bits per heavy atom. The van der Waals surface area contributed by atoms with Crippen LogP contribution in [-0.4, -0.2) is 35.0 Å². The molecule has 1 aromatic rings. The van der Waals surface area contributed by atoms with Crippen LogP contribution in [0.4, 0.5) is 0 Å². The summed E-state index contributed by atoms with van der Waals surface area (Å²) in [5.41, 5.74) is 5.99. The molecule has 0 saturated carbocycles. The van der Waals surface area contributed by atoms with Crippen LogP contribution in [0.25, 0.3) is 0 Å². The number of halogens is 1. The molecule has 0 fully saturated rings. The van der Waals surface area contributed by atoms with E-state index in [0.29, 0.717) is 18.8 Å². The molecule has 20 heavy (non-hydrogen) atoms. The summed E-state index contributed by atoms with van der Waals surface area (Å²) >= 11 is 3.31. The van der Waals surface area contributed by atoms with Gasteiger partial charge in [0.25, 0.3) is 5.91 Å². The predicted molar refractivity (Wildman–Crippen MR) is 91.3 cm³/mol. The number of aromatic nitrogens is 1. The van der Waals surface area contributed by atoms with Gasteiger partial charge in [0, 0.05) is 23.1 Å². The summed E-state index contributed by atoms with van der Waals surface area (Å²) in [7, 11) is 0. The summed E-state index contributed by atoms with van der Waals surface area (Å²) in [4.78, 5) is 16.3. The van der Waals surface area contributed by atoms with Crippen molar-refractivity contribution in [2.45, 2.75) is 37.9 Å². The van der Waals surface area contributed by atoms with Crippen LogP contribution in [-0.2, 0) is 6.42 Å². The summed E-state index contributed by atoms with van der Waals surface area (Å²) in [6.07, 6.45) is 4.92. The average Bonchev–Trinajstić information content (AvgIpc) is 2.90. The van der Waals surface area contributed by atoms with Gasteiger partial charge in [-0.3, -0.25) is 4.79 Å². The van der Waals surface area contributed by atoms with Crippen molar-refractivity contribution in [1.82, 2.24) is 10.3 Å². The van der Waals surface area contributed by atoms with E-state index in [0.717, 1.165) is 24.3 Å². The highest BCUT2D eigenvalue weighted by molar-refractivity contribution is 8.00. The molecule has 0 aliphatic rings. The lowest BCUT2D eigenvalue weighted by molar-refractivity contribution is 0.0944. The van der Waals surface area contributed by atoms with E-state index in [1.54, 1.807) is 5.38 Å². The van der Waals surface area contributed by atoms with Gasteiger partial charge in [0.15, 0.2) is 0 Å². The lowest BCUT2D eigenvalue weighted by Crippen LogP contribution is -2.39. The maximum atomic E-state index is 12.0. The first kappa shape index (κ1) is 19.7. The Balaban J connectivity index is 0.00000361. The molecule has 1 aromatic heterocycles. The van der Waals surface area contributed by atoms with Crippen molar-refractivity contribution >= 4 is 41.4 Å². The fraction of sp³-hybridized carbons (Fsp3) is 0.692. The van der Waals surface area contributed by atoms with Crippen LogP contribution in [0.2, 0.25) is 0 Å². The second-order valence-electron chi connectivity index (χ2n) is 4.44. The van der Waals surface area contributed by atoms with E-state index in [1.165, 1.54) is 11.3 Å². The SMILES string of the molecule is CCC(CC)(CNC(=O)c1csc(CCN)n1)SC.Cl. The van der Waals surface area contributed by atoms with Gasteiger partial charge in [0.05, 0.1) is 5.01 Å². The first-order valence-electron chi connectivity index (χ1n) is 6.58. The zero-order valence-corrected chi connectivity index (χ0v) is 14.7. The third-order valence-electron chi connectivity index (χ3n) is 3.44. The molecule has 4 nitrogen and oxygen atoms in total. The summed E-state index contributed by atoms with van der Waals surface area (Å²) in [6, 6.07) is 0. The molecule has 1 amide bonds. The molecule has 0 saturated heterocycles. The number of nitrogens with zero attached hydrogens (tertiary/aromatic N) is 1. The Bertz CT molecular complexity index is 400. The number of hydrogen-bond acceptors (Lipinski definition) is 5. The third-order valence-corrected chi connectivity index (χ3v) is 5.93. The van der Waals surface area contributed by atoms with E-state index in [1.807, 2.05) is 11.8 Å². The van der Waals surface area contributed by atoms with Crippen molar-refractivity contribution in [2.24, 2.45) is 5.73 Å². The van der Waals surface area contributed by atoms with Crippen molar-refractivity contribution in [3.8, 4) is 0 Å².